The lowest BCUT2D eigenvalue weighted by Crippen LogP contribution is -2.39. The Morgan fingerprint density at radius 1 is 1.21 bits per heavy atom. The molecule has 1 fully saturated rings. The van der Waals surface area contributed by atoms with Crippen LogP contribution in [0.5, 0.6) is 5.75 Å². The molecule has 0 saturated carbocycles. The van der Waals surface area contributed by atoms with Crippen molar-refractivity contribution in [3.05, 3.63) is 64.7 Å². The van der Waals surface area contributed by atoms with Crippen molar-refractivity contribution >= 4 is 17.5 Å². The van der Waals surface area contributed by atoms with E-state index in [1.807, 2.05) is 48.5 Å². The summed E-state index contributed by atoms with van der Waals surface area (Å²) in [6, 6.07) is 15.5. The van der Waals surface area contributed by atoms with Gasteiger partial charge in [0, 0.05) is 11.6 Å². The third kappa shape index (κ3) is 4.28. The number of halogens is 1. The monoisotopic (exact) mass is 344 g/mol. The molecule has 2 aromatic rings. The van der Waals surface area contributed by atoms with Crippen molar-refractivity contribution < 1.29 is 9.53 Å². The second-order valence-corrected chi connectivity index (χ2v) is 6.53. The van der Waals surface area contributed by atoms with Crippen LogP contribution in [0.3, 0.4) is 0 Å². The van der Waals surface area contributed by atoms with Gasteiger partial charge in [-0.15, -0.1) is 0 Å². The van der Waals surface area contributed by atoms with Crippen molar-refractivity contribution in [2.24, 2.45) is 5.73 Å². The van der Waals surface area contributed by atoms with Crippen LogP contribution in [0.2, 0.25) is 5.02 Å². The third-order valence-electron chi connectivity index (χ3n) is 4.30. The minimum atomic E-state index is -0.228. The van der Waals surface area contributed by atoms with Crippen LogP contribution < -0.4 is 10.5 Å². The van der Waals surface area contributed by atoms with E-state index < -0.39 is 0 Å². The molecule has 24 heavy (non-hydrogen) atoms. The first-order valence-electron chi connectivity index (χ1n) is 8.11. The number of rotatable bonds is 6. The summed E-state index contributed by atoms with van der Waals surface area (Å²) in [5, 5.41) is 0.709. The van der Waals surface area contributed by atoms with Gasteiger partial charge in [0.25, 0.3) is 0 Å². The van der Waals surface area contributed by atoms with Gasteiger partial charge in [-0.25, -0.2) is 0 Å². The van der Waals surface area contributed by atoms with Crippen molar-refractivity contribution in [1.82, 2.24) is 4.90 Å². The predicted octanol–water partition coefficient (Wildman–Crippen LogP) is 3.37. The fourth-order valence-corrected chi connectivity index (χ4v) is 3.27. The van der Waals surface area contributed by atoms with E-state index in [9.17, 15) is 4.79 Å². The molecule has 0 aromatic heterocycles. The number of nitrogens with zero attached hydrogens (tertiary/aromatic N) is 1. The van der Waals surface area contributed by atoms with Gasteiger partial charge in [0.1, 0.15) is 12.4 Å². The Bertz CT molecular complexity index is 703. The number of amides is 1. The van der Waals surface area contributed by atoms with E-state index in [-0.39, 0.29) is 11.9 Å². The lowest BCUT2D eigenvalue weighted by molar-refractivity contribution is -0.122. The fourth-order valence-electron chi connectivity index (χ4n) is 3.06. The van der Waals surface area contributed by atoms with Gasteiger partial charge in [-0.2, -0.15) is 0 Å². The Balaban J connectivity index is 1.56. The van der Waals surface area contributed by atoms with Crippen LogP contribution in [0.15, 0.2) is 48.5 Å². The Kier molecular flexibility index (Phi) is 5.38. The zero-order chi connectivity index (χ0) is 16.9. The molecular formula is C19H21ClN2O2. The number of likely N-dealkylation sites (tertiary alicyclic amines) is 1. The highest BCUT2D eigenvalue weighted by Crippen LogP contribution is 2.21. The van der Waals surface area contributed by atoms with E-state index in [1.54, 1.807) is 0 Å². The van der Waals surface area contributed by atoms with Crippen molar-refractivity contribution in [2.75, 3.05) is 6.54 Å². The Labute approximate surface area is 147 Å². The average Bonchev–Trinajstić information content (AvgIpc) is 3.03. The van der Waals surface area contributed by atoms with E-state index in [4.69, 9.17) is 22.1 Å². The summed E-state index contributed by atoms with van der Waals surface area (Å²) in [6.07, 6.45) is 1.88. The standard InChI is InChI=1S/C19H21ClN2O2/c20-16-4-1-3-15(11-16)13-24-17-8-6-14(7-9-17)12-22-10-2-5-18(22)19(21)23/h1,3-4,6-9,11,18H,2,5,10,12-13H2,(H2,21,23)/t18-/m0/s1. The average molecular weight is 345 g/mol. The molecule has 126 valence electrons. The molecule has 3 rings (SSSR count). The number of benzene rings is 2. The molecule has 0 unspecified atom stereocenters. The lowest BCUT2D eigenvalue weighted by atomic mass is 10.1. The van der Waals surface area contributed by atoms with E-state index in [0.717, 1.165) is 42.8 Å². The number of carbonyl (C=O) groups is 1. The normalized spacial score (nSPS) is 17.8. The van der Waals surface area contributed by atoms with Crippen LogP contribution in [0.4, 0.5) is 0 Å². The van der Waals surface area contributed by atoms with Gasteiger partial charge in [0.05, 0.1) is 6.04 Å². The zero-order valence-corrected chi connectivity index (χ0v) is 14.2. The van der Waals surface area contributed by atoms with Crippen molar-refractivity contribution in [3.8, 4) is 5.75 Å². The number of ether oxygens (including phenoxy) is 1. The molecule has 4 nitrogen and oxygen atoms in total. The third-order valence-corrected chi connectivity index (χ3v) is 4.53. The molecular weight excluding hydrogens is 324 g/mol. The van der Waals surface area contributed by atoms with Gasteiger partial charge in [0.15, 0.2) is 0 Å². The van der Waals surface area contributed by atoms with Crippen LogP contribution in [-0.2, 0) is 17.9 Å². The topological polar surface area (TPSA) is 55.6 Å². The quantitative estimate of drug-likeness (QED) is 0.874. The van der Waals surface area contributed by atoms with Crippen LogP contribution in [0, 0.1) is 0 Å². The first-order valence-corrected chi connectivity index (χ1v) is 8.49. The second kappa shape index (κ2) is 7.69. The summed E-state index contributed by atoms with van der Waals surface area (Å²) >= 11 is 5.97. The molecule has 5 heteroatoms. The van der Waals surface area contributed by atoms with Crippen molar-refractivity contribution in [1.29, 1.82) is 0 Å². The van der Waals surface area contributed by atoms with Gasteiger partial charge < -0.3 is 10.5 Å². The Morgan fingerprint density at radius 2 is 2.00 bits per heavy atom. The molecule has 1 aliphatic rings. The molecule has 2 N–H and O–H groups in total. The predicted molar refractivity (Wildman–Crippen MR) is 94.9 cm³/mol. The molecule has 0 bridgehead atoms. The first kappa shape index (κ1) is 16.8. The maximum atomic E-state index is 11.5. The molecule has 1 saturated heterocycles. The SMILES string of the molecule is NC(=O)[C@@H]1CCCN1Cc1ccc(OCc2cccc(Cl)c2)cc1. The molecule has 2 aromatic carbocycles. The van der Waals surface area contributed by atoms with Crippen molar-refractivity contribution in [3.63, 3.8) is 0 Å². The summed E-state index contributed by atoms with van der Waals surface area (Å²) in [4.78, 5) is 13.6. The van der Waals surface area contributed by atoms with Gasteiger partial charge in [-0.05, 0) is 54.8 Å². The highest BCUT2D eigenvalue weighted by atomic mass is 35.5. The lowest BCUT2D eigenvalue weighted by Gasteiger charge is -2.21. The molecule has 1 aliphatic heterocycles. The van der Waals surface area contributed by atoms with Gasteiger partial charge in [-0.1, -0.05) is 35.9 Å². The molecule has 0 radical (unpaired) electrons. The van der Waals surface area contributed by atoms with E-state index >= 15 is 0 Å². The minimum Gasteiger partial charge on any atom is -0.489 e. The minimum absolute atomic E-state index is 0.135. The molecule has 0 aliphatic carbocycles. The number of hydrogen-bond acceptors (Lipinski definition) is 3. The van der Waals surface area contributed by atoms with Crippen LogP contribution in [-0.4, -0.2) is 23.4 Å². The molecule has 1 heterocycles. The Hall–Kier alpha value is -2.04. The van der Waals surface area contributed by atoms with Crippen LogP contribution in [0.25, 0.3) is 0 Å². The van der Waals surface area contributed by atoms with E-state index in [2.05, 4.69) is 4.90 Å². The Morgan fingerprint density at radius 3 is 2.71 bits per heavy atom. The highest BCUT2D eigenvalue weighted by Gasteiger charge is 2.28. The number of primary amides is 1. The van der Waals surface area contributed by atoms with Gasteiger partial charge >= 0.3 is 0 Å². The summed E-state index contributed by atoms with van der Waals surface area (Å²) < 4.78 is 5.79. The smallest absolute Gasteiger partial charge is 0.234 e. The van der Waals surface area contributed by atoms with Gasteiger partial charge in [-0.3, -0.25) is 9.69 Å². The number of hydrogen-bond donors (Lipinski definition) is 1. The highest BCUT2D eigenvalue weighted by molar-refractivity contribution is 6.30. The first-order chi connectivity index (χ1) is 11.6. The summed E-state index contributed by atoms with van der Waals surface area (Å²) in [5.41, 5.74) is 7.65. The van der Waals surface area contributed by atoms with Crippen molar-refractivity contribution in [2.45, 2.75) is 32.0 Å². The zero-order valence-electron chi connectivity index (χ0n) is 13.5. The van der Waals surface area contributed by atoms with E-state index in [0.29, 0.717) is 11.6 Å². The maximum absolute atomic E-state index is 11.5. The fraction of sp³-hybridized carbons (Fsp3) is 0.316. The molecule has 1 atom stereocenters. The molecule has 1 amide bonds. The van der Waals surface area contributed by atoms with E-state index in [1.165, 1.54) is 0 Å². The summed E-state index contributed by atoms with van der Waals surface area (Å²) in [6.45, 7) is 2.14. The summed E-state index contributed by atoms with van der Waals surface area (Å²) in [5.74, 6) is 0.584. The number of nitrogens with two attached hydrogens (primary N) is 1. The maximum Gasteiger partial charge on any atom is 0.234 e. The summed E-state index contributed by atoms with van der Waals surface area (Å²) in [7, 11) is 0. The number of carbonyl (C=O) groups excluding carboxylic acids is 1. The molecule has 0 spiro atoms. The van der Waals surface area contributed by atoms with Crippen LogP contribution >= 0.6 is 11.6 Å². The van der Waals surface area contributed by atoms with Gasteiger partial charge in [0.2, 0.25) is 5.91 Å². The largest absolute Gasteiger partial charge is 0.489 e. The van der Waals surface area contributed by atoms with Crippen LogP contribution in [0.1, 0.15) is 24.0 Å². The second-order valence-electron chi connectivity index (χ2n) is 6.09.